The summed E-state index contributed by atoms with van der Waals surface area (Å²) in [6, 6.07) is 12.4. The third kappa shape index (κ3) is 5.37. The van der Waals surface area contributed by atoms with Gasteiger partial charge in [-0.15, -0.1) is 0 Å². The lowest BCUT2D eigenvalue weighted by Crippen LogP contribution is -2.45. The molecule has 0 unspecified atom stereocenters. The first-order valence-electron chi connectivity index (χ1n) is 12.8. The minimum atomic E-state index is 0.101. The third-order valence-electron chi connectivity index (χ3n) is 7.68. The fourth-order valence-corrected chi connectivity index (χ4v) is 5.86. The minimum absolute atomic E-state index is 0.101. The molecule has 2 aromatic rings. The predicted octanol–water partition coefficient (Wildman–Crippen LogP) is 3.24. The number of fused-ring (bicyclic) bond motifs is 1. The first-order valence-corrected chi connectivity index (χ1v) is 12.8. The van der Waals surface area contributed by atoms with Gasteiger partial charge in [-0.3, -0.25) is 19.1 Å². The fraction of sp³-hybridized carbons (Fsp3) is 0.593. The van der Waals surface area contributed by atoms with E-state index in [-0.39, 0.29) is 17.4 Å². The quantitative estimate of drug-likeness (QED) is 0.705. The van der Waals surface area contributed by atoms with E-state index in [1.165, 1.54) is 18.4 Å². The molecule has 0 radical (unpaired) electrons. The van der Waals surface area contributed by atoms with Crippen LogP contribution in [-0.4, -0.2) is 58.0 Å². The normalized spacial score (nSPS) is 23.8. The zero-order valence-corrected chi connectivity index (χ0v) is 19.6. The number of benzene rings is 1. The number of hydrogen-bond donors (Lipinski definition) is 0. The zero-order valence-electron chi connectivity index (χ0n) is 19.6. The molecule has 6 nitrogen and oxygen atoms in total. The van der Waals surface area contributed by atoms with Crippen molar-refractivity contribution < 1.29 is 4.79 Å². The van der Waals surface area contributed by atoms with Gasteiger partial charge in [0, 0.05) is 44.6 Å². The van der Waals surface area contributed by atoms with Crippen LogP contribution in [-0.2, 0) is 24.2 Å². The number of nitrogens with zero attached hydrogens (tertiary/aromatic N) is 4. The van der Waals surface area contributed by atoms with E-state index < -0.39 is 0 Å². The van der Waals surface area contributed by atoms with Gasteiger partial charge in [0.1, 0.15) is 5.82 Å². The molecule has 0 N–H and O–H groups in total. The summed E-state index contributed by atoms with van der Waals surface area (Å²) < 4.78 is 1.87. The first-order chi connectivity index (χ1) is 16.2. The van der Waals surface area contributed by atoms with Gasteiger partial charge in [-0.25, -0.2) is 4.98 Å². The molecule has 2 atom stereocenters. The Kier molecular flexibility index (Phi) is 6.91. The molecule has 4 heterocycles. The maximum absolute atomic E-state index is 13.1. The average molecular weight is 449 g/mol. The molecule has 33 heavy (non-hydrogen) atoms. The van der Waals surface area contributed by atoms with E-state index in [1.807, 2.05) is 4.57 Å². The lowest BCUT2D eigenvalue weighted by molar-refractivity contribution is -0.134. The Balaban J connectivity index is 1.17. The second-order valence-electron chi connectivity index (χ2n) is 10.2. The van der Waals surface area contributed by atoms with Crippen molar-refractivity contribution in [2.75, 3.05) is 32.7 Å². The summed E-state index contributed by atoms with van der Waals surface area (Å²) in [5.41, 5.74) is 2.40. The van der Waals surface area contributed by atoms with E-state index in [9.17, 15) is 9.59 Å². The molecule has 176 valence electrons. The first kappa shape index (κ1) is 22.3. The summed E-state index contributed by atoms with van der Waals surface area (Å²) in [6.07, 6.45) is 8.56. The monoisotopic (exact) mass is 448 g/mol. The summed E-state index contributed by atoms with van der Waals surface area (Å²) in [7, 11) is 0. The minimum Gasteiger partial charge on any atom is -0.341 e. The van der Waals surface area contributed by atoms with Gasteiger partial charge >= 0.3 is 0 Å². The second-order valence-corrected chi connectivity index (χ2v) is 10.2. The van der Waals surface area contributed by atoms with Crippen LogP contribution < -0.4 is 5.56 Å². The highest BCUT2D eigenvalue weighted by molar-refractivity contribution is 5.78. The fourth-order valence-electron chi connectivity index (χ4n) is 5.86. The smallest absolute Gasteiger partial charge is 0.253 e. The van der Waals surface area contributed by atoms with Crippen LogP contribution in [0.25, 0.3) is 0 Å². The Morgan fingerprint density at radius 1 is 0.970 bits per heavy atom. The van der Waals surface area contributed by atoms with Crippen molar-refractivity contribution in [3.05, 3.63) is 63.8 Å². The molecule has 0 bridgehead atoms. The van der Waals surface area contributed by atoms with Gasteiger partial charge in [-0.2, -0.15) is 0 Å². The maximum atomic E-state index is 13.1. The number of amides is 1. The van der Waals surface area contributed by atoms with E-state index in [0.29, 0.717) is 12.5 Å². The van der Waals surface area contributed by atoms with E-state index in [1.54, 1.807) is 6.07 Å². The number of hydrogen-bond acceptors (Lipinski definition) is 4. The van der Waals surface area contributed by atoms with E-state index in [0.717, 1.165) is 82.8 Å². The Morgan fingerprint density at radius 2 is 1.85 bits per heavy atom. The highest BCUT2D eigenvalue weighted by Crippen LogP contribution is 2.27. The van der Waals surface area contributed by atoms with Crippen molar-refractivity contribution in [1.82, 2.24) is 19.4 Å². The highest BCUT2D eigenvalue weighted by Gasteiger charge is 2.30. The number of carbonyl (C=O) groups is 1. The van der Waals surface area contributed by atoms with Crippen molar-refractivity contribution >= 4 is 5.91 Å². The third-order valence-corrected chi connectivity index (χ3v) is 7.68. The van der Waals surface area contributed by atoms with E-state index in [4.69, 9.17) is 4.98 Å². The summed E-state index contributed by atoms with van der Waals surface area (Å²) in [6.45, 7) is 4.76. The predicted molar refractivity (Wildman–Crippen MR) is 129 cm³/mol. The van der Waals surface area contributed by atoms with Crippen LogP contribution in [0.3, 0.4) is 0 Å². The number of aromatic nitrogens is 2. The summed E-state index contributed by atoms with van der Waals surface area (Å²) in [5, 5.41) is 0. The Hall–Kier alpha value is -2.47. The van der Waals surface area contributed by atoms with Gasteiger partial charge in [-0.1, -0.05) is 36.8 Å². The molecule has 0 aliphatic carbocycles. The molecule has 2 saturated heterocycles. The summed E-state index contributed by atoms with van der Waals surface area (Å²) in [4.78, 5) is 35.0. The molecule has 3 aliphatic rings. The molecule has 2 fully saturated rings. The van der Waals surface area contributed by atoms with Gasteiger partial charge < -0.3 is 4.90 Å². The van der Waals surface area contributed by atoms with Crippen molar-refractivity contribution in [3.63, 3.8) is 0 Å². The van der Waals surface area contributed by atoms with Crippen LogP contribution in [0, 0.1) is 5.92 Å². The van der Waals surface area contributed by atoms with Gasteiger partial charge in [0.2, 0.25) is 5.91 Å². The van der Waals surface area contributed by atoms with Gasteiger partial charge in [-0.05, 0) is 56.6 Å². The van der Waals surface area contributed by atoms with Crippen LogP contribution in [0.2, 0.25) is 0 Å². The van der Waals surface area contributed by atoms with E-state index >= 15 is 0 Å². The van der Waals surface area contributed by atoms with Crippen molar-refractivity contribution in [2.24, 2.45) is 5.92 Å². The highest BCUT2D eigenvalue weighted by atomic mass is 16.2. The van der Waals surface area contributed by atoms with Crippen LogP contribution in [0.5, 0.6) is 0 Å². The topological polar surface area (TPSA) is 58.4 Å². The number of carbonyl (C=O) groups excluding carboxylic acids is 1. The van der Waals surface area contributed by atoms with Crippen LogP contribution in [0.4, 0.5) is 0 Å². The molecule has 1 aromatic carbocycles. The lowest BCUT2D eigenvalue weighted by atomic mass is 9.91. The van der Waals surface area contributed by atoms with Crippen molar-refractivity contribution in [3.8, 4) is 0 Å². The van der Waals surface area contributed by atoms with Gasteiger partial charge in [0.05, 0.1) is 12.2 Å². The Labute approximate surface area is 196 Å². The molecule has 5 rings (SSSR count). The molecule has 6 heteroatoms. The standard InChI is InChI=1S/C27H36N4O2/c32-26-17-24(28-25-11-5-2-6-14-31(25)26)23-12-15-29(19-23)20-27(33)30-13-7-10-22(18-30)16-21-8-3-1-4-9-21/h1,3-4,8-9,17,22-23H,2,5-7,10-16,18-20H2/t22-,23-/m1/s1. The van der Waals surface area contributed by atoms with Crippen molar-refractivity contribution in [1.29, 1.82) is 0 Å². The number of aryl methyl sites for hydroxylation is 1. The number of piperidine rings is 1. The van der Waals surface area contributed by atoms with Crippen LogP contribution >= 0.6 is 0 Å². The number of likely N-dealkylation sites (tertiary alicyclic amines) is 2. The molecule has 1 amide bonds. The average Bonchev–Trinajstić information content (AvgIpc) is 3.15. The molecule has 3 aliphatic heterocycles. The molecular formula is C27H36N4O2. The van der Waals surface area contributed by atoms with Crippen LogP contribution in [0.1, 0.15) is 61.5 Å². The van der Waals surface area contributed by atoms with Gasteiger partial charge in [0.25, 0.3) is 5.56 Å². The number of rotatable bonds is 5. The molecule has 1 aromatic heterocycles. The maximum Gasteiger partial charge on any atom is 0.253 e. The largest absolute Gasteiger partial charge is 0.341 e. The van der Waals surface area contributed by atoms with Crippen molar-refractivity contribution in [2.45, 2.75) is 63.8 Å². The second kappa shape index (κ2) is 10.2. The van der Waals surface area contributed by atoms with Gasteiger partial charge in [0.15, 0.2) is 0 Å². The molecular weight excluding hydrogens is 412 g/mol. The van der Waals surface area contributed by atoms with Crippen LogP contribution in [0.15, 0.2) is 41.2 Å². The Bertz CT molecular complexity index is 1020. The molecule has 0 spiro atoms. The SMILES string of the molecule is O=C(CN1CC[C@@H](c2cc(=O)n3c(n2)CCCCC3)C1)N1CCC[C@H](Cc2ccccc2)C1. The summed E-state index contributed by atoms with van der Waals surface area (Å²) >= 11 is 0. The summed E-state index contributed by atoms with van der Waals surface area (Å²) in [5.74, 6) is 2.02. The lowest BCUT2D eigenvalue weighted by Gasteiger charge is -2.34. The van der Waals surface area contributed by atoms with E-state index in [2.05, 4.69) is 40.1 Å². The Morgan fingerprint density at radius 3 is 2.73 bits per heavy atom. The molecule has 0 saturated carbocycles. The zero-order chi connectivity index (χ0) is 22.6.